The van der Waals surface area contributed by atoms with Gasteiger partial charge in [0, 0.05) is 34.6 Å². The van der Waals surface area contributed by atoms with E-state index in [1.807, 2.05) is 42.5 Å². The molecule has 0 saturated heterocycles. The summed E-state index contributed by atoms with van der Waals surface area (Å²) in [5.74, 6) is 1.30. The maximum atomic E-state index is 10.1. The van der Waals surface area contributed by atoms with Crippen molar-refractivity contribution in [2.45, 2.75) is 31.4 Å². The topological polar surface area (TPSA) is 70.9 Å². The van der Waals surface area contributed by atoms with Crippen LogP contribution in [0.2, 0.25) is 5.02 Å². The minimum absolute atomic E-state index is 0.0183. The number of hydrogen-bond acceptors (Lipinski definition) is 5. The Morgan fingerprint density at radius 1 is 1.04 bits per heavy atom. The molecule has 0 unspecified atom stereocenters. The third kappa shape index (κ3) is 3.69. The van der Waals surface area contributed by atoms with E-state index < -0.39 is 0 Å². The van der Waals surface area contributed by atoms with Crippen LogP contribution in [0.5, 0.6) is 0 Å². The molecule has 0 bridgehead atoms. The Morgan fingerprint density at radius 3 is 2.58 bits per heavy atom. The van der Waals surface area contributed by atoms with E-state index in [1.165, 1.54) is 0 Å². The Labute approximate surface area is 157 Å². The summed E-state index contributed by atoms with van der Waals surface area (Å²) in [6, 6.07) is 13.3. The molecule has 26 heavy (non-hydrogen) atoms. The van der Waals surface area contributed by atoms with Crippen LogP contribution in [0.4, 0.5) is 5.82 Å². The first-order valence-electron chi connectivity index (χ1n) is 8.69. The van der Waals surface area contributed by atoms with E-state index in [2.05, 4.69) is 15.3 Å². The largest absolute Gasteiger partial charge is 0.391 e. The lowest BCUT2D eigenvalue weighted by molar-refractivity contribution is 0.171. The van der Waals surface area contributed by atoms with E-state index in [9.17, 15) is 5.11 Å². The van der Waals surface area contributed by atoms with Gasteiger partial charge in [0.05, 0.1) is 17.8 Å². The predicted molar refractivity (Wildman–Crippen MR) is 103 cm³/mol. The standard InChI is InChI=1S/C20H19ClN4O/c21-15-8-6-13(7-9-15)17-11-19(23-16-4-1-5-18(16)26)25-20(24-17)14-3-2-10-22-12-14/h2-3,6-12,16,18,26H,1,4-5H2,(H,23,24,25)/t16-,18+/m0/s1. The van der Waals surface area contributed by atoms with Crippen molar-refractivity contribution in [2.75, 3.05) is 5.32 Å². The second-order valence-corrected chi connectivity index (χ2v) is 6.90. The molecular weight excluding hydrogens is 348 g/mol. The molecule has 6 heteroatoms. The molecule has 1 aromatic carbocycles. The van der Waals surface area contributed by atoms with Crippen molar-refractivity contribution in [3.05, 3.63) is 59.9 Å². The van der Waals surface area contributed by atoms with Gasteiger partial charge in [-0.1, -0.05) is 23.7 Å². The van der Waals surface area contributed by atoms with Crippen molar-refractivity contribution < 1.29 is 5.11 Å². The fourth-order valence-electron chi connectivity index (χ4n) is 3.21. The third-order valence-corrected chi connectivity index (χ3v) is 4.85. The molecule has 1 fully saturated rings. The Morgan fingerprint density at radius 2 is 1.88 bits per heavy atom. The molecule has 4 rings (SSSR count). The first-order chi connectivity index (χ1) is 12.7. The van der Waals surface area contributed by atoms with Gasteiger partial charge in [0.25, 0.3) is 0 Å². The van der Waals surface area contributed by atoms with Gasteiger partial charge >= 0.3 is 0 Å². The predicted octanol–water partition coefficient (Wildman–Crippen LogP) is 4.18. The first kappa shape index (κ1) is 16.9. The minimum atomic E-state index is -0.342. The number of nitrogens with zero attached hydrogens (tertiary/aromatic N) is 3. The van der Waals surface area contributed by atoms with Crippen molar-refractivity contribution in [3.63, 3.8) is 0 Å². The van der Waals surface area contributed by atoms with Gasteiger partial charge < -0.3 is 10.4 Å². The Bertz CT molecular complexity index is 886. The summed E-state index contributed by atoms with van der Waals surface area (Å²) in [6.07, 6.45) is 5.90. The smallest absolute Gasteiger partial charge is 0.163 e. The van der Waals surface area contributed by atoms with Gasteiger partial charge in [0.1, 0.15) is 5.82 Å². The van der Waals surface area contributed by atoms with Crippen LogP contribution in [0, 0.1) is 0 Å². The lowest BCUT2D eigenvalue weighted by Crippen LogP contribution is -2.28. The summed E-state index contributed by atoms with van der Waals surface area (Å²) in [6.45, 7) is 0. The molecule has 2 N–H and O–H groups in total. The molecule has 3 aromatic rings. The monoisotopic (exact) mass is 366 g/mol. The molecule has 5 nitrogen and oxygen atoms in total. The van der Waals surface area contributed by atoms with Crippen molar-refractivity contribution in [3.8, 4) is 22.6 Å². The highest BCUT2D eigenvalue weighted by Gasteiger charge is 2.25. The molecule has 1 aliphatic rings. The summed E-state index contributed by atoms with van der Waals surface area (Å²) in [5, 5.41) is 14.2. The molecule has 0 amide bonds. The van der Waals surface area contributed by atoms with E-state index in [-0.39, 0.29) is 12.1 Å². The molecule has 1 saturated carbocycles. The molecule has 0 spiro atoms. The highest BCUT2D eigenvalue weighted by Crippen LogP contribution is 2.28. The maximum Gasteiger partial charge on any atom is 0.163 e. The fraction of sp³-hybridized carbons (Fsp3) is 0.250. The quantitative estimate of drug-likeness (QED) is 0.724. The summed E-state index contributed by atoms with van der Waals surface area (Å²) in [7, 11) is 0. The van der Waals surface area contributed by atoms with E-state index >= 15 is 0 Å². The van der Waals surface area contributed by atoms with Gasteiger partial charge in [-0.2, -0.15) is 0 Å². The van der Waals surface area contributed by atoms with Crippen LogP contribution >= 0.6 is 11.6 Å². The van der Waals surface area contributed by atoms with Crippen molar-refractivity contribution in [2.24, 2.45) is 0 Å². The molecule has 0 radical (unpaired) electrons. The van der Waals surface area contributed by atoms with E-state index in [0.717, 1.165) is 36.1 Å². The van der Waals surface area contributed by atoms with Gasteiger partial charge in [0.15, 0.2) is 5.82 Å². The van der Waals surface area contributed by atoms with Crippen LogP contribution in [0.15, 0.2) is 54.9 Å². The van der Waals surface area contributed by atoms with Crippen molar-refractivity contribution >= 4 is 17.4 Å². The van der Waals surface area contributed by atoms with Crippen molar-refractivity contribution in [1.82, 2.24) is 15.0 Å². The summed E-state index contributed by atoms with van der Waals surface area (Å²) in [5.41, 5.74) is 2.60. The molecule has 0 aliphatic heterocycles. The summed E-state index contributed by atoms with van der Waals surface area (Å²) in [4.78, 5) is 13.5. The maximum absolute atomic E-state index is 10.1. The zero-order chi connectivity index (χ0) is 17.9. The van der Waals surface area contributed by atoms with Crippen LogP contribution in [-0.4, -0.2) is 32.2 Å². The molecule has 132 valence electrons. The summed E-state index contributed by atoms with van der Waals surface area (Å²) < 4.78 is 0. The van der Waals surface area contributed by atoms with E-state index in [4.69, 9.17) is 16.6 Å². The first-order valence-corrected chi connectivity index (χ1v) is 9.07. The number of halogens is 1. The molecule has 1 aliphatic carbocycles. The van der Waals surface area contributed by atoms with Gasteiger partial charge in [-0.25, -0.2) is 9.97 Å². The van der Waals surface area contributed by atoms with Gasteiger partial charge in [0.2, 0.25) is 0 Å². The van der Waals surface area contributed by atoms with E-state index in [1.54, 1.807) is 12.4 Å². The molecular formula is C20H19ClN4O. The Kier molecular flexibility index (Phi) is 4.82. The van der Waals surface area contributed by atoms with Crippen LogP contribution in [0.25, 0.3) is 22.6 Å². The second-order valence-electron chi connectivity index (χ2n) is 6.46. The van der Waals surface area contributed by atoms with Crippen LogP contribution in [0.3, 0.4) is 0 Å². The van der Waals surface area contributed by atoms with Gasteiger partial charge in [-0.05, 0) is 43.5 Å². The summed E-state index contributed by atoms with van der Waals surface area (Å²) >= 11 is 6.01. The number of aliphatic hydroxyl groups is 1. The second kappa shape index (κ2) is 7.40. The number of benzene rings is 1. The third-order valence-electron chi connectivity index (χ3n) is 4.60. The van der Waals surface area contributed by atoms with Crippen LogP contribution in [-0.2, 0) is 0 Å². The fourth-order valence-corrected chi connectivity index (χ4v) is 3.34. The minimum Gasteiger partial charge on any atom is -0.391 e. The number of aromatic nitrogens is 3. The number of nitrogens with one attached hydrogen (secondary N) is 1. The zero-order valence-electron chi connectivity index (χ0n) is 14.1. The Balaban J connectivity index is 1.75. The Hall–Kier alpha value is -2.50. The average Bonchev–Trinajstić information content (AvgIpc) is 3.07. The highest BCUT2D eigenvalue weighted by atomic mass is 35.5. The van der Waals surface area contributed by atoms with Crippen molar-refractivity contribution in [1.29, 1.82) is 0 Å². The number of aliphatic hydroxyl groups excluding tert-OH is 1. The van der Waals surface area contributed by atoms with Crippen LogP contribution < -0.4 is 5.32 Å². The van der Waals surface area contributed by atoms with Crippen LogP contribution in [0.1, 0.15) is 19.3 Å². The SMILES string of the molecule is O[C@@H]1CCC[C@@H]1Nc1cc(-c2ccc(Cl)cc2)nc(-c2cccnc2)n1. The average molecular weight is 367 g/mol. The number of hydrogen-bond donors (Lipinski definition) is 2. The molecule has 2 aromatic heterocycles. The normalized spacial score (nSPS) is 19.5. The lowest BCUT2D eigenvalue weighted by Gasteiger charge is -2.18. The van der Waals surface area contributed by atoms with Gasteiger partial charge in [-0.3, -0.25) is 4.98 Å². The highest BCUT2D eigenvalue weighted by molar-refractivity contribution is 6.30. The van der Waals surface area contributed by atoms with Gasteiger partial charge in [-0.15, -0.1) is 0 Å². The molecule has 2 heterocycles. The molecule has 2 atom stereocenters. The van der Waals surface area contributed by atoms with E-state index in [0.29, 0.717) is 16.7 Å². The number of rotatable bonds is 4. The number of anilines is 1. The number of pyridine rings is 1. The zero-order valence-corrected chi connectivity index (χ0v) is 14.9. The lowest BCUT2D eigenvalue weighted by atomic mass is 10.1.